The van der Waals surface area contributed by atoms with Gasteiger partial charge in [0.25, 0.3) is 0 Å². The Morgan fingerprint density at radius 3 is 2.84 bits per heavy atom. The van der Waals surface area contributed by atoms with Crippen LogP contribution in [-0.2, 0) is 9.53 Å². The molecule has 6 heteroatoms. The average molecular weight is 270 g/mol. The van der Waals surface area contributed by atoms with Crippen LogP contribution in [0.2, 0.25) is 0 Å². The predicted octanol–water partition coefficient (Wildman–Crippen LogP) is 1.08. The van der Waals surface area contributed by atoms with Crippen molar-refractivity contribution in [2.45, 2.75) is 25.3 Å². The maximum absolute atomic E-state index is 12.1. The summed E-state index contributed by atoms with van der Waals surface area (Å²) in [5.41, 5.74) is 0. The molecule has 0 aromatic rings. The average Bonchev–Trinajstić information content (AvgIpc) is 2.82. The minimum absolute atomic E-state index is 0.255. The number of rotatable bonds is 7. The maximum Gasteiger partial charge on any atom is 0.317 e. The topological polar surface area (TPSA) is 78.9 Å². The van der Waals surface area contributed by atoms with E-state index in [1.54, 1.807) is 18.1 Å². The highest BCUT2D eigenvalue weighted by Gasteiger charge is 2.34. The fraction of sp³-hybridized carbons (Fsp3) is 0.692. The van der Waals surface area contributed by atoms with E-state index in [9.17, 15) is 9.59 Å². The van der Waals surface area contributed by atoms with Gasteiger partial charge in [0.1, 0.15) is 0 Å². The highest BCUT2D eigenvalue weighted by atomic mass is 16.5. The molecule has 1 rings (SSSR count). The molecule has 1 saturated carbocycles. The molecule has 108 valence electrons. The summed E-state index contributed by atoms with van der Waals surface area (Å²) >= 11 is 0. The third-order valence-electron chi connectivity index (χ3n) is 3.34. The molecular weight excluding hydrogens is 248 g/mol. The molecule has 1 aliphatic rings. The second kappa shape index (κ2) is 7.78. The van der Waals surface area contributed by atoms with Gasteiger partial charge in [0.15, 0.2) is 0 Å². The summed E-state index contributed by atoms with van der Waals surface area (Å²) < 4.78 is 4.95. The van der Waals surface area contributed by atoms with E-state index in [4.69, 9.17) is 9.84 Å². The van der Waals surface area contributed by atoms with Gasteiger partial charge in [-0.15, -0.1) is 6.58 Å². The summed E-state index contributed by atoms with van der Waals surface area (Å²) in [5, 5.41) is 11.9. The standard InChI is InChI=1S/C13H22N2O4/c1-3-7-15(8-9-19-2)13(18)14-11-6-4-5-10(11)12(16)17/h3,10-11H,1,4-9H2,2H3,(H,14,18)(H,16,17). The van der Waals surface area contributed by atoms with Gasteiger partial charge in [0, 0.05) is 26.2 Å². The van der Waals surface area contributed by atoms with Crippen LogP contribution < -0.4 is 5.32 Å². The van der Waals surface area contributed by atoms with Crippen LogP contribution in [0.1, 0.15) is 19.3 Å². The lowest BCUT2D eigenvalue weighted by Crippen LogP contribution is -2.48. The first-order valence-electron chi connectivity index (χ1n) is 6.48. The molecule has 0 aromatic carbocycles. The summed E-state index contributed by atoms with van der Waals surface area (Å²) in [7, 11) is 1.57. The van der Waals surface area contributed by atoms with E-state index in [1.165, 1.54) is 0 Å². The van der Waals surface area contributed by atoms with Crippen molar-refractivity contribution >= 4 is 12.0 Å². The van der Waals surface area contributed by atoms with Crippen molar-refractivity contribution in [3.05, 3.63) is 12.7 Å². The van der Waals surface area contributed by atoms with E-state index in [0.717, 1.165) is 12.8 Å². The first-order chi connectivity index (χ1) is 9.10. The number of hydrogen-bond acceptors (Lipinski definition) is 3. The Morgan fingerprint density at radius 1 is 1.53 bits per heavy atom. The van der Waals surface area contributed by atoms with E-state index in [-0.39, 0.29) is 12.1 Å². The van der Waals surface area contributed by atoms with Gasteiger partial charge < -0.3 is 20.1 Å². The molecule has 0 spiro atoms. The molecular formula is C13H22N2O4. The van der Waals surface area contributed by atoms with Crippen LogP contribution in [-0.4, -0.2) is 54.9 Å². The lowest BCUT2D eigenvalue weighted by molar-refractivity contribution is -0.142. The highest BCUT2D eigenvalue weighted by Crippen LogP contribution is 2.25. The molecule has 6 nitrogen and oxygen atoms in total. The minimum atomic E-state index is -0.838. The number of ether oxygens (including phenoxy) is 1. The molecule has 1 fully saturated rings. The molecule has 0 aromatic heterocycles. The predicted molar refractivity (Wildman–Crippen MR) is 70.9 cm³/mol. The zero-order chi connectivity index (χ0) is 14.3. The molecule has 0 aliphatic heterocycles. The van der Waals surface area contributed by atoms with Gasteiger partial charge in [-0.1, -0.05) is 12.5 Å². The lowest BCUT2D eigenvalue weighted by atomic mass is 10.0. The zero-order valence-electron chi connectivity index (χ0n) is 11.3. The van der Waals surface area contributed by atoms with Gasteiger partial charge in [-0.25, -0.2) is 4.79 Å². The van der Waals surface area contributed by atoms with E-state index < -0.39 is 11.9 Å². The largest absolute Gasteiger partial charge is 0.481 e. The first kappa shape index (κ1) is 15.5. The number of methoxy groups -OCH3 is 1. The Balaban J connectivity index is 2.54. The molecule has 0 bridgehead atoms. The molecule has 1 aliphatic carbocycles. The zero-order valence-corrected chi connectivity index (χ0v) is 11.3. The number of amides is 2. The van der Waals surface area contributed by atoms with E-state index in [1.807, 2.05) is 0 Å². The van der Waals surface area contributed by atoms with Gasteiger partial charge in [0.2, 0.25) is 0 Å². The van der Waals surface area contributed by atoms with Crippen LogP contribution in [0.25, 0.3) is 0 Å². The minimum Gasteiger partial charge on any atom is -0.481 e. The van der Waals surface area contributed by atoms with Gasteiger partial charge in [-0.05, 0) is 12.8 Å². The fourth-order valence-electron chi connectivity index (χ4n) is 2.31. The third-order valence-corrected chi connectivity index (χ3v) is 3.34. The summed E-state index contributed by atoms with van der Waals surface area (Å²) in [6.07, 6.45) is 3.81. The fourth-order valence-corrected chi connectivity index (χ4v) is 2.31. The Bertz CT molecular complexity index is 333. The van der Waals surface area contributed by atoms with Crippen LogP contribution in [0.3, 0.4) is 0 Å². The second-order valence-corrected chi connectivity index (χ2v) is 4.66. The number of carbonyl (C=O) groups is 2. The molecule has 2 amide bonds. The number of hydrogen-bond donors (Lipinski definition) is 2. The van der Waals surface area contributed by atoms with Crippen LogP contribution >= 0.6 is 0 Å². The van der Waals surface area contributed by atoms with Crippen molar-refractivity contribution in [2.24, 2.45) is 5.92 Å². The van der Waals surface area contributed by atoms with E-state index in [2.05, 4.69) is 11.9 Å². The molecule has 0 radical (unpaired) electrons. The lowest BCUT2D eigenvalue weighted by Gasteiger charge is -2.25. The second-order valence-electron chi connectivity index (χ2n) is 4.66. The number of carbonyl (C=O) groups excluding carboxylic acids is 1. The normalized spacial score (nSPS) is 21.9. The highest BCUT2D eigenvalue weighted by molar-refractivity contribution is 5.77. The smallest absolute Gasteiger partial charge is 0.317 e. The maximum atomic E-state index is 12.1. The Labute approximate surface area is 113 Å². The number of carboxylic acids is 1. The van der Waals surface area contributed by atoms with Crippen LogP contribution in [0, 0.1) is 5.92 Å². The van der Waals surface area contributed by atoms with Crippen molar-refractivity contribution in [2.75, 3.05) is 26.8 Å². The molecule has 0 saturated heterocycles. The summed E-state index contributed by atoms with van der Waals surface area (Å²) in [5.74, 6) is -1.31. The van der Waals surface area contributed by atoms with Gasteiger partial charge in [-0.2, -0.15) is 0 Å². The monoisotopic (exact) mass is 270 g/mol. The van der Waals surface area contributed by atoms with Crippen LogP contribution in [0.4, 0.5) is 4.79 Å². The summed E-state index contributed by atoms with van der Waals surface area (Å²) in [4.78, 5) is 24.7. The number of aliphatic carboxylic acids is 1. The van der Waals surface area contributed by atoms with E-state index in [0.29, 0.717) is 26.1 Å². The quantitative estimate of drug-likeness (QED) is 0.679. The molecule has 2 unspecified atom stereocenters. The van der Waals surface area contributed by atoms with E-state index >= 15 is 0 Å². The summed E-state index contributed by atoms with van der Waals surface area (Å²) in [6.45, 7) is 4.92. The Morgan fingerprint density at radius 2 is 2.26 bits per heavy atom. The molecule has 2 atom stereocenters. The first-order valence-corrected chi connectivity index (χ1v) is 6.48. The number of nitrogens with one attached hydrogen (secondary N) is 1. The Hall–Kier alpha value is -1.56. The van der Waals surface area contributed by atoms with Crippen LogP contribution in [0.5, 0.6) is 0 Å². The van der Waals surface area contributed by atoms with Gasteiger partial charge in [0.05, 0.1) is 12.5 Å². The van der Waals surface area contributed by atoms with Crippen molar-refractivity contribution in [3.8, 4) is 0 Å². The molecule has 2 N–H and O–H groups in total. The van der Waals surface area contributed by atoms with Crippen molar-refractivity contribution in [1.29, 1.82) is 0 Å². The number of nitrogens with zero attached hydrogens (tertiary/aromatic N) is 1. The van der Waals surface area contributed by atoms with Crippen molar-refractivity contribution in [1.82, 2.24) is 10.2 Å². The molecule has 0 heterocycles. The van der Waals surface area contributed by atoms with Crippen molar-refractivity contribution in [3.63, 3.8) is 0 Å². The van der Waals surface area contributed by atoms with Gasteiger partial charge >= 0.3 is 12.0 Å². The SMILES string of the molecule is C=CCN(CCOC)C(=O)NC1CCCC1C(=O)O. The third kappa shape index (κ3) is 4.55. The van der Waals surface area contributed by atoms with Crippen molar-refractivity contribution < 1.29 is 19.4 Å². The number of carboxylic acid groups (broad SMARTS) is 1. The summed E-state index contributed by atoms with van der Waals surface area (Å²) in [6, 6.07) is -0.532. The Kier molecular flexibility index (Phi) is 6.35. The van der Waals surface area contributed by atoms with Gasteiger partial charge in [-0.3, -0.25) is 4.79 Å². The molecule has 19 heavy (non-hydrogen) atoms. The van der Waals surface area contributed by atoms with Crippen LogP contribution in [0.15, 0.2) is 12.7 Å². The number of urea groups is 1.